The van der Waals surface area contributed by atoms with Gasteiger partial charge < -0.3 is 36.4 Å². The van der Waals surface area contributed by atoms with Crippen LogP contribution in [0.25, 0.3) is 10.8 Å². The summed E-state index contributed by atoms with van der Waals surface area (Å²) in [7, 11) is 0. The van der Waals surface area contributed by atoms with Gasteiger partial charge in [-0.1, -0.05) is 72.8 Å². The van der Waals surface area contributed by atoms with Crippen LogP contribution < -0.4 is 21.7 Å². The lowest BCUT2D eigenvalue weighted by molar-refractivity contribution is -0.155. The average Bonchev–Trinajstić information content (AvgIpc) is 3.60. The molecule has 1 saturated heterocycles. The number of hydrogen-bond donors (Lipinski definition) is 5. The van der Waals surface area contributed by atoms with Crippen molar-refractivity contribution in [2.75, 3.05) is 31.6 Å². The zero-order valence-corrected chi connectivity index (χ0v) is 26.8. The standard InChI is InChI=1S/C34H43N5O6S/c1-46-18-16-29(33(42)43)39(30(40)21-36-20-25-13-7-12-24-11-5-6-14-26(24)25)31(27-15-8-17-37-27)32(41)28(19-35)38-34(44)45-22-23-9-3-2-4-10-23/h2-7,9-14,27-29,31,36-37H,8,15-22,35H2,1H3,(H,38,44)(H,42,43)/t27?,28-,29?,31?/m0/s1. The molecule has 0 spiro atoms. The number of carbonyl (C=O) groups excluding carboxylic acids is 3. The summed E-state index contributed by atoms with van der Waals surface area (Å²) in [5.41, 5.74) is 7.76. The fraction of sp³-hybridized carbons (Fsp3) is 0.412. The lowest BCUT2D eigenvalue weighted by Gasteiger charge is -2.40. The van der Waals surface area contributed by atoms with Crippen LogP contribution in [0.5, 0.6) is 0 Å². The summed E-state index contributed by atoms with van der Waals surface area (Å²) >= 11 is 1.46. The van der Waals surface area contributed by atoms with E-state index in [1.807, 2.05) is 66.9 Å². The Kier molecular flexibility index (Phi) is 13.4. The Hall–Kier alpha value is -3.97. The van der Waals surface area contributed by atoms with Gasteiger partial charge in [0, 0.05) is 19.1 Å². The molecule has 11 nitrogen and oxygen atoms in total. The fourth-order valence-corrected chi connectivity index (χ4v) is 6.30. The molecule has 3 aromatic rings. The summed E-state index contributed by atoms with van der Waals surface area (Å²) in [6.07, 6.45) is 2.46. The molecular weight excluding hydrogens is 606 g/mol. The van der Waals surface area contributed by atoms with Gasteiger partial charge in [-0.15, -0.1) is 0 Å². The number of amides is 2. The van der Waals surface area contributed by atoms with Gasteiger partial charge in [-0.25, -0.2) is 9.59 Å². The first-order chi connectivity index (χ1) is 22.3. The number of thioether (sulfide) groups is 1. The molecule has 1 aliphatic heterocycles. The van der Waals surface area contributed by atoms with E-state index in [0.717, 1.165) is 28.3 Å². The molecule has 0 saturated carbocycles. The monoisotopic (exact) mass is 649 g/mol. The minimum atomic E-state index is -1.26. The van der Waals surface area contributed by atoms with Crippen molar-refractivity contribution in [2.45, 2.75) is 56.6 Å². The summed E-state index contributed by atoms with van der Waals surface area (Å²) in [6.45, 7) is 0.520. The summed E-state index contributed by atoms with van der Waals surface area (Å²) in [6, 6.07) is 18.8. The van der Waals surface area contributed by atoms with Gasteiger partial charge in [0.2, 0.25) is 5.91 Å². The first kappa shape index (κ1) is 34.9. The van der Waals surface area contributed by atoms with Crippen LogP contribution in [0.3, 0.4) is 0 Å². The third-order valence-electron chi connectivity index (χ3n) is 8.13. The van der Waals surface area contributed by atoms with Crippen molar-refractivity contribution in [1.29, 1.82) is 0 Å². The van der Waals surface area contributed by atoms with Crippen LogP contribution in [0.1, 0.15) is 30.4 Å². The number of benzene rings is 3. The summed E-state index contributed by atoms with van der Waals surface area (Å²) in [5.74, 6) is -1.81. The summed E-state index contributed by atoms with van der Waals surface area (Å²) in [5, 5.41) is 21.5. The Balaban J connectivity index is 1.57. The van der Waals surface area contributed by atoms with Crippen molar-refractivity contribution >= 4 is 46.3 Å². The molecule has 4 rings (SSSR count). The van der Waals surface area contributed by atoms with Crippen LogP contribution >= 0.6 is 11.8 Å². The number of ketones is 1. The van der Waals surface area contributed by atoms with Gasteiger partial charge >= 0.3 is 12.1 Å². The Morgan fingerprint density at radius 2 is 1.80 bits per heavy atom. The minimum Gasteiger partial charge on any atom is -0.480 e. The molecule has 12 heteroatoms. The molecule has 1 fully saturated rings. The van der Waals surface area contributed by atoms with E-state index in [2.05, 4.69) is 16.0 Å². The van der Waals surface area contributed by atoms with E-state index in [9.17, 15) is 24.3 Å². The number of carboxylic acid groups (broad SMARTS) is 1. The molecule has 46 heavy (non-hydrogen) atoms. The number of nitrogens with zero attached hydrogens (tertiary/aromatic N) is 1. The Morgan fingerprint density at radius 1 is 1.07 bits per heavy atom. The third-order valence-corrected chi connectivity index (χ3v) is 8.77. The van der Waals surface area contributed by atoms with Gasteiger partial charge in [0.25, 0.3) is 0 Å². The van der Waals surface area contributed by atoms with Crippen LogP contribution in [0.2, 0.25) is 0 Å². The molecule has 6 N–H and O–H groups in total. The lowest BCUT2D eigenvalue weighted by Crippen LogP contribution is -2.65. The van der Waals surface area contributed by atoms with Crippen molar-refractivity contribution in [3.63, 3.8) is 0 Å². The number of nitrogens with two attached hydrogens (primary N) is 1. The van der Waals surface area contributed by atoms with Crippen LogP contribution in [0.15, 0.2) is 72.8 Å². The quantitative estimate of drug-likeness (QED) is 0.147. The fourth-order valence-electron chi connectivity index (χ4n) is 5.85. The number of nitrogens with one attached hydrogen (secondary N) is 3. The molecule has 0 aliphatic carbocycles. The van der Waals surface area contributed by atoms with E-state index in [1.54, 1.807) is 12.1 Å². The molecule has 4 atom stereocenters. The number of alkyl carbamates (subject to hydrolysis) is 1. The summed E-state index contributed by atoms with van der Waals surface area (Å²) < 4.78 is 5.33. The zero-order chi connectivity index (χ0) is 32.9. The molecule has 3 unspecified atom stereocenters. The van der Waals surface area contributed by atoms with Gasteiger partial charge in [0.05, 0.1) is 6.54 Å². The molecular formula is C34H43N5O6S. The van der Waals surface area contributed by atoms with Gasteiger partial charge in [-0.05, 0) is 59.7 Å². The Morgan fingerprint density at radius 3 is 2.50 bits per heavy atom. The number of carbonyl (C=O) groups is 4. The van der Waals surface area contributed by atoms with Crippen molar-refractivity contribution < 1.29 is 29.0 Å². The van der Waals surface area contributed by atoms with Crippen LogP contribution in [-0.2, 0) is 32.3 Å². The van der Waals surface area contributed by atoms with Crippen molar-refractivity contribution in [1.82, 2.24) is 20.9 Å². The molecule has 246 valence electrons. The molecule has 1 aliphatic rings. The van der Waals surface area contributed by atoms with E-state index in [0.29, 0.717) is 25.3 Å². The van der Waals surface area contributed by atoms with Crippen molar-refractivity contribution in [2.24, 2.45) is 5.73 Å². The first-order valence-corrected chi connectivity index (χ1v) is 16.9. The van der Waals surface area contributed by atoms with Crippen LogP contribution in [0.4, 0.5) is 4.79 Å². The second kappa shape index (κ2) is 17.7. The van der Waals surface area contributed by atoms with E-state index in [-0.39, 0.29) is 26.1 Å². The topological polar surface area (TPSA) is 163 Å². The number of carboxylic acids is 1. The van der Waals surface area contributed by atoms with Crippen molar-refractivity contribution in [3.8, 4) is 0 Å². The number of rotatable bonds is 17. The van der Waals surface area contributed by atoms with E-state index >= 15 is 0 Å². The third kappa shape index (κ3) is 9.29. The molecule has 3 aromatic carbocycles. The SMILES string of the molecule is CSCCC(C(=O)O)N(C(=O)CNCc1cccc2ccccc12)C(C(=O)[C@H](CN)NC(=O)OCc1ccccc1)C1CCCN1. The largest absolute Gasteiger partial charge is 0.480 e. The highest BCUT2D eigenvalue weighted by Gasteiger charge is 2.45. The average molecular weight is 650 g/mol. The number of hydrogen-bond acceptors (Lipinski definition) is 9. The van der Waals surface area contributed by atoms with Gasteiger partial charge in [0.1, 0.15) is 24.7 Å². The van der Waals surface area contributed by atoms with Crippen LogP contribution in [-0.4, -0.2) is 89.6 Å². The highest BCUT2D eigenvalue weighted by atomic mass is 32.2. The second-order valence-corrected chi connectivity index (χ2v) is 12.2. The molecule has 2 amide bonds. The number of fused-ring (bicyclic) bond motifs is 1. The molecule has 0 aromatic heterocycles. The molecule has 0 bridgehead atoms. The Labute approximate surface area is 273 Å². The highest BCUT2D eigenvalue weighted by Crippen LogP contribution is 2.23. The minimum absolute atomic E-state index is 0.00544. The van der Waals surface area contributed by atoms with E-state index in [1.165, 1.54) is 16.7 Å². The lowest BCUT2D eigenvalue weighted by atomic mass is 9.93. The maximum atomic E-state index is 14.3. The predicted molar refractivity (Wildman–Crippen MR) is 179 cm³/mol. The smallest absolute Gasteiger partial charge is 0.408 e. The second-order valence-electron chi connectivity index (χ2n) is 11.2. The number of Topliss-reactive ketones (excluding diaryl/α,β-unsaturated/α-hetero) is 1. The maximum Gasteiger partial charge on any atom is 0.408 e. The van der Waals surface area contributed by atoms with E-state index < -0.39 is 47.9 Å². The number of aliphatic carboxylic acids is 1. The van der Waals surface area contributed by atoms with Crippen molar-refractivity contribution in [3.05, 3.63) is 83.9 Å². The molecule has 0 radical (unpaired) electrons. The van der Waals surface area contributed by atoms with E-state index in [4.69, 9.17) is 10.5 Å². The zero-order valence-electron chi connectivity index (χ0n) is 26.0. The van der Waals surface area contributed by atoms with Gasteiger partial charge in [-0.2, -0.15) is 11.8 Å². The molecule has 1 heterocycles. The van der Waals surface area contributed by atoms with Crippen LogP contribution in [0, 0.1) is 0 Å². The summed E-state index contributed by atoms with van der Waals surface area (Å²) in [4.78, 5) is 55.0. The number of ether oxygens (including phenoxy) is 1. The predicted octanol–water partition coefficient (Wildman–Crippen LogP) is 2.91. The normalized spacial score (nSPS) is 16.3. The highest BCUT2D eigenvalue weighted by molar-refractivity contribution is 7.98. The first-order valence-electron chi connectivity index (χ1n) is 15.5. The van der Waals surface area contributed by atoms with Gasteiger partial charge in [-0.3, -0.25) is 9.59 Å². The van der Waals surface area contributed by atoms with Gasteiger partial charge in [0.15, 0.2) is 5.78 Å². The maximum absolute atomic E-state index is 14.3. The Bertz CT molecular complexity index is 1460.